The molecule has 0 spiro atoms. The minimum Gasteiger partial charge on any atom is -0.394 e. The Kier molecular flexibility index (Phi) is 70.2. The largest absolute Gasteiger partial charge is 0.394 e. The predicted molar refractivity (Wildman–Crippen MR) is 429 cm³/mol. The van der Waals surface area contributed by atoms with Gasteiger partial charge in [0.15, 0.2) is 12.6 Å². The summed E-state index contributed by atoms with van der Waals surface area (Å²) in [4.78, 5) is 13.4. The van der Waals surface area contributed by atoms with Gasteiger partial charge in [0.2, 0.25) is 5.91 Å². The summed E-state index contributed by atoms with van der Waals surface area (Å²) in [6.45, 7) is 2.96. The second-order valence-corrected chi connectivity index (χ2v) is 32.8. The molecule has 2 rings (SSSR count). The van der Waals surface area contributed by atoms with Crippen LogP contribution < -0.4 is 5.32 Å². The van der Waals surface area contributed by atoms with E-state index in [2.05, 4.69) is 19.2 Å². The van der Waals surface area contributed by atoms with E-state index in [1.54, 1.807) is 0 Å². The van der Waals surface area contributed by atoms with Crippen LogP contribution in [0.4, 0.5) is 0 Å². The zero-order valence-corrected chi connectivity index (χ0v) is 67.9. The molecule has 12 atom stereocenters. The molecule has 0 bridgehead atoms. The van der Waals surface area contributed by atoms with E-state index in [4.69, 9.17) is 18.9 Å². The summed E-state index contributed by atoms with van der Waals surface area (Å²) in [6, 6.07) is -0.827. The van der Waals surface area contributed by atoms with Crippen molar-refractivity contribution < 1.29 is 64.6 Å². The molecule has 2 aliphatic rings. The standard InChI is InChI=1S/C89H175NO13/c1-3-5-7-9-11-13-15-17-19-21-23-25-27-29-31-33-35-37-38-39-41-43-45-47-49-51-53-55-57-59-61-63-65-67-69-71-73-81(94)90-77(76-100-88-86(99)84(97)87(80(75-92)102-88)103-89-85(98)83(96)82(95)79(74-91)101-89)78(93)72-70-68-66-64-62-60-58-56-54-52-50-48-46-44-42-40-36-34-32-30-28-26-24-22-20-18-16-14-12-10-8-6-4-2/h77-80,82-89,91-93,95-99H,3-76H2,1-2H3,(H,90,94). The topological polar surface area (TPSA) is 228 Å². The minimum atomic E-state index is -1.78. The van der Waals surface area contributed by atoms with Crippen LogP contribution in [0.25, 0.3) is 0 Å². The second kappa shape index (κ2) is 73.8. The normalized spacial score (nSPS) is 21.4. The number of amides is 1. The highest BCUT2D eigenvalue weighted by molar-refractivity contribution is 5.76. The van der Waals surface area contributed by atoms with E-state index in [-0.39, 0.29) is 12.5 Å². The van der Waals surface area contributed by atoms with E-state index in [0.29, 0.717) is 12.8 Å². The number of ether oxygens (including phenoxy) is 4. The molecule has 614 valence electrons. The van der Waals surface area contributed by atoms with Crippen LogP contribution in [0.5, 0.6) is 0 Å². The fraction of sp³-hybridized carbons (Fsp3) is 0.989. The number of carbonyl (C=O) groups excluding carboxylic acids is 1. The van der Waals surface area contributed by atoms with Gasteiger partial charge in [0.25, 0.3) is 0 Å². The molecule has 2 aliphatic heterocycles. The molecular weight excluding hydrogens is 1290 g/mol. The van der Waals surface area contributed by atoms with Gasteiger partial charge in [-0.25, -0.2) is 0 Å². The van der Waals surface area contributed by atoms with Gasteiger partial charge in [-0.1, -0.05) is 450 Å². The van der Waals surface area contributed by atoms with Crippen LogP contribution in [0.15, 0.2) is 0 Å². The van der Waals surface area contributed by atoms with Crippen molar-refractivity contribution in [1.29, 1.82) is 0 Å². The number of nitrogens with one attached hydrogen (secondary N) is 1. The first kappa shape index (κ1) is 98.1. The Morgan fingerprint density at radius 3 is 0.825 bits per heavy atom. The second-order valence-electron chi connectivity index (χ2n) is 32.8. The Morgan fingerprint density at radius 2 is 0.553 bits per heavy atom. The van der Waals surface area contributed by atoms with Crippen molar-refractivity contribution in [3.63, 3.8) is 0 Å². The molecule has 0 aliphatic carbocycles. The molecule has 14 heteroatoms. The first-order valence-corrected chi connectivity index (χ1v) is 45.8. The van der Waals surface area contributed by atoms with Crippen molar-refractivity contribution in [2.45, 2.75) is 543 Å². The van der Waals surface area contributed by atoms with Gasteiger partial charge < -0.3 is 65.1 Å². The molecule has 12 unspecified atom stereocenters. The third kappa shape index (κ3) is 56.0. The van der Waals surface area contributed by atoms with E-state index in [9.17, 15) is 45.6 Å². The predicted octanol–water partition coefficient (Wildman–Crippen LogP) is 22.2. The van der Waals surface area contributed by atoms with Crippen molar-refractivity contribution >= 4 is 5.91 Å². The number of carbonyl (C=O) groups is 1. The van der Waals surface area contributed by atoms with Gasteiger partial charge in [0.1, 0.15) is 48.8 Å². The number of unbranched alkanes of at least 4 members (excludes halogenated alkanes) is 67. The maximum Gasteiger partial charge on any atom is 0.220 e. The zero-order chi connectivity index (χ0) is 74.4. The molecule has 2 heterocycles. The summed E-state index contributed by atoms with van der Waals surface area (Å²) < 4.78 is 23.0. The third-order valence-corrected chi connectivity index (χ3v) is 23.1. The summed E-state index contributed by atoms with van der Waals surface area (Å²) >= 11 is 0. The Hall–Kier alpha value is -1.01. The lowest BCUT2D eigenvalue weighted by Gasteiger charge is -2.46. The summed E-state index contributed by atoms with van der Waals surface area (Å²) in [5, 5.41) is 88.1. The van der Waals surface area contributed by atoms with Gasteiger partial charge in [-0.2, -0.15) is 0 Å². The fourth-order valence-corrected chi connectivity index (χ4v) is 15.9. The number of hydrogen-bond acceptors (Lipinski definition) is 13. The molecule has 9 N–H and O–H groups in total. The lowest BCUT2D eigenvalue weighted by Crippen LogP contribution is -2.65. The van der Waals surface area contributed by atoms with Crippen LogP contribution in [0.2, 0.25) is 0 Å². The van der Waals surface area contributed by atoms with Crippen LogP contribution in [-0.4, -0.2) is 140 Å². The zero-order valence-electron chi connectivity index (χ0n) is 67.9. The van der Waals surface area contributed by atoms with Gasteiger partial charge in [-0.05, 0) is 12.8 Å². The first-order valence-electron chi connectivity index (χ1n) is 45.8. The molecule has 0 aromatic rings. The molecule has 1 amide bonds. The molecule has 2 saturated heterocycles. The van der Waals surface area contributed by atoms with Crippen LogP contribution in [0, 0.1) is 0 Å². The Labute approximate surface area is 635 Å². The Bertz CT molecular complexity index is 1730. The van der Waals surface area contributed by atoms with Crippen molar-refractivity contribution in [2.75, 3.05) is 19.8 Å². The van der Waals surface area contributed by atoms with Crippen molar-refractivity contribution in [3.8, 4) is 0 Å². The van der Waals surface area contributed by atoms with Crippen molar-refractivity contribution in [3.05, 3.63) is 0 Å². The maximum atomic E-state index is 13.4. The molecule has 0 radical (unpaired) electrons. The highest BCUT2D eigenvalue weighted by Gasteiger charge is 2.51. The average molecular weight is 1470 g/mol. The molecule has 103 heavy (non-hydrogen) atoms. The van der Waals surface area contributed by atoms with E-state index in [0.717, 1.165) is 51.4 Å². The van der Waals surface area contributed by atoms with Gasteiger partial charge in [0, 0.05) is 6.42 Å². The summed E-state index contributed by atoms with van der Waals surface area (Å²) in [7, 11) is 0. The molecule has 2 fully saturated rings. The Balaban J connectivity index is 1.54. The summed E-state index contributed by atoms with van der Waals surface area (Å²) in [5.74, 6) is -0.193. The van der Waals surface area contributed by atoms with E-state index in [1.807, 2.05) is 0 Å². The van der Waals surface area contributed by atoms with Crippen LogP contribution in [0.1, 0.15) is 470 Å². The van der Waals surface area contributed by atoms with E-state index >= 15 is 0 Å². The highest BCUT2D eigenvalue weighted by Crippen LogP contribution is 2.31. The van der Waals surface area contributed by atoms with Gasteiger partial charge in [0.05, 0.1) is 32.0 Å². The van der Waals surface area contributed by atoms with Crippen molar-refractivity contribution in [1.82, 2.24) is 5.32 Å². The maximum absolute atomic E-state index is 13.4. The number of rotatable bonds is 80. The fourth-order valence-electron chi connectivity index (χ4n) is 15.9. The van der Waals surface area contributed by atoms with Gasteiger partial charge >= 0.3 is 0 Å². The average Bonchev–Trinajstić information content (AvgIpc) is 0.791. The van der Waals surface area contributed by atoms with E-state index in [1.165, 1.54) is 392 Å². The molecule has 0 saturated carbocycles. The number of aliphatic hydroxyl groups is 8. The van der Waals surface area contributed by atoms with Crippen LogP contribution in [-0.2, 0) is 23.7 Å². The lowest BCUT2D eigenvalue weighted by atomic mass is 9.97. The first-order chi connectivity index (χ1) is 50.6. The summed E-state index contributed by atoms with van der Waals surface area (Å²) in [5.41, 5.74) is 0. The number of aliphatic hydroxyl groups excluding tert-OH is 8. The summed E-state index contributed by atoms with van der Waals surface area (Å²) in [6.07, 6.45) is 77.7. The van der Waals surface area contributed by atoms with Gasteiger partial charge in [-0.3, -0.25) is 4.79 Å². The lowest BCUT2D eigenvalue weighted by molar-refractivity contribution is -0.359. The van der Waals surface area contributed by atoms with Crippen molar-refractivity contribution in [2.24, 2.45) is 0 Å². The van der Waals surface area contributed by atoms with Crippen LogP contribution >= 0.6 is 0 Å². The molecular formula is C89H175NO13. The van der Waals surface area contributed by atoms with Crippen LogP contribution in [0.3, 0.4) is 0 Å². The molecule has 0 aromatic heterocycles. The Morgan fingerprint density at radius 1 is 0.311 bits per heavy atom. The monoisotopic (exact) mass is 1470 g/mol. The SMILES string of the molecule is CCCCCCCCCCCCCCCCCCCCCCCCCCCCCCCCCCCCCCC(=O)NC(COC1OC(CO)C(OC2OC(CO)C(O)C(O)C2O)C(O)C1O)C(O)CCCCCCCCCCCCCCCCCCCCCCCCCCCCCCCCCCC. The minimum absolute atomic E-state index is 0.193. The molecule has 0 aromatic carbocycles. The number of hydrogen-bond donors (Lipinski definition) is 9. The van der Waals surface area contributed by atoms with E-state index < -0.39 is 86.8 Å². The quantitative estimate of drug-likeness (QED) is 0.0259. The smallest absolute Gasteiger partial charge is 0.220 e. The van der Waals surface area contributed by atoms with Gasteiger partial charge in [-0.15, -0.1) is 0 Å². The molecule has 14 nitrogen and oxygen atoms in total. The highest BCUT2D eigenvalue weighted by atomic mass is 16.7. The third-order valence-electron chi connectivity index (χ3n) is 23.1.